The molecule has 1 aromatic rings. The fraction of sp³-hybridized carbons (Fsp3) is 0.562. The van der Waals surface area contributed by atoms with Crippen LogP contribution in [0.1, 0.15) is 41.4 Å². The number of carbonyl (C=O) groups is 2. The summed E-state index contributed by atoms with van der Waals surface area (Å²) < 4.78 is 10.1. The van der Waals surface area contributed by atoms with E-state index in [9.17, 15) is 14.4 Å². The number of carbonyl (C=O) groups excluding carboxylic acids is 2. The highest BCUT2D eigenvalue weighted by Gasteiger charge is 2.31. The van der Waals surface area contributed by atoms with Crippen molar-refractivity contribution in [3.05, 3.63) is 33.4 Å². The molecule has 22 heavy (non-hydrogen) atoms. The number of amides is 1. The highest BCUT2D eigenvalue weighted by atomic mass is 16.5. The van der Waals surface area contributed by atoms with Gasteiger partial charge in [-0.15, -0.1) is 0 Å². The van der Waals surface area contributed by atoms with Crippen LogP contribution in [0.3, 0.4) is 0 Å². The number of esters is 1. The minimum Gasteiger partial charge on any atom is -0.466 e. The zero-order valence-corrected chi connectivity index (χ0v) is 13.2. The van der Waals surface area contributed by atoms with Crippen LogP contribution in [0, 0.1) is 19.8 Å². The lowest BCUT2D eigenvalue weighted by Crippen LogP contribution is -2.43. The van der Waals surface area contributed by atoms with Crippen molar-refractivity contribution in [2.75, 3.05) is 19.7 Å². The predicted molar refractivity (Wildman–Crippen MR) is 79.7 cm³/mol. The van der Waals surface area contributed by atoms with E-state index in [4.69, 9.17) is 9.15 Å². The molecular formula is C16H21NO5. The quantitative estimate of drug-likeness (QED) is 0.794. The van der Waals surface area contributed by atoms with Crippen LogP contribution in [0.2, 0.25) is 0 Å². The highest BCUT2D eigenvalue weighted by molar-refractivity contribution is 5.96. The van der Waals surface area contributed by atoms with Crippen molar-refractivity contribution < 1.29 is 18.7 Å². The number of piperidine rings is 1. The van der Waals surface area contributed by atoms with Gasteiger partial charge in [-0.1, -0.05) is 0 Å². The third kappa shape index (κ3) is 3.37. The Balaban J connectivity index is 2.19. The lowest BCUT2D eigenvalue weighted by molar-refractivity contribution is -0.149. The Kier molecular flexibility index (Phi) is 5.00. The van der Waals surface area contributed by atoms with Gasteiger partial charge < -0.3 is 14.1 Å². The summed E-state index contributed by atoms with van der Waals surface area (Å²) in [5.74, 6) is -0.428. The maximum Gasteiger partial charge on any atom is 0.336 e. The van der Waals surface area contributed by atoms with Gasteiger partial charge in [0.2, 0.25) is 0 Å². The number of likely N-dealkylation sites (tertiary alicyclic amines) is 1. The zero-order chi connectivity index (χ0) is 16.3. The molecule has 120 valence electrons. The molecular weight excluding hydrogens is 286 g/mol. The average molecular weight is 307 g/mol. The Bertz CT molecular complexity index is 608. The molecule has 1 aliphatic rings. The van der Waals surface area contributed by atoms with Gasteiger partial charge >= 0.3 is 11.6 Å². The van der Waals surface area contributed by atoms with Crippen LogP contribution >= 0.6 is 0 Å². The van der Waals surface area contributed by atoms with Crippen molar-refractivity contribution >= 4 is 11.9 Å². The number of hydrogen-bond acceptors (Lipinski definition) is 5. The lowest BCUT2D eigenvalue weighted by atomic mass is 9.97. The largest absolute Gasteiger partial charge is 0.466 e. The number of rotatable bonds is 3. The molecule has 1 amide bonds. The predicted octanol–water partition coefficient (Wildman–Crippen LogP) is 1.67. The fourth-order valence-corrected chi connectivity index (χ4v) is 2.85. The summed E-state index contributed by atoms with van der Waals surface area (Å²) >= 11 is 0. The van der Waals surface area contributed by atoms with Gasteiger partial charge in [0, 0.05) is 19.2 Å². The molecule has 0 aromatic carbocycles. The van der Waals surface area contributed by atoms with Crippen LogP contribution in [0.25, 0.3) is 0 Å². The Morgan fingerprint density at radius 3 is 2.77 bits per heavy atom. The number of aryl methyl sites for hydroxylation is 2. The molecule has 2 rings (SSSR count). The summed E-state index contributed by atoms with van der Waals surface area (Å²) in [7, 11) is 0. The Labute approximate surface area is 129 Å². The first-order valence-corrected chi connectivity index (χ1v) is 7.51. The summed E-state index contributed by atoms with van der Waals surface area (Å²) in [5, 5.41) is 0. The molecule has 1 aliphatic heterocycles. The first-order valence-electron chi connectivity index (χ1n) is 7.51. The average Bonchev–Trinajstić information content (AvgIpc) is 2.46. The van der Waals surface area contributed by atoms with Crippen molar-refractivity contribution in [2.24, 2.45) is 5.92 Å². The SMILES string of the molecule is CCOC(=O)C1CCCN(C(=O)c2c(C)cc(=O)oc2C)C1. The summed E-state index contributed by atoms with van der Waals surface area (Å²) in [6.45, 7) is 6.36. The second-order valence-corrected chi connectivity index (χ2v) is 5.52. The van der Waals surface area contributed by atoms with Crippen molar-refractivity contribution in [3.8, 4) is 0 Å². The molecule has 1 unspecified atom stereocenters. The Morgan fingerprint density at radius 2 is 2.14 bits per heavy atom. The normalized spacial score (nSPS) is 18.1. The van der Waals surface area contributed by atoms with E-state index < -0.39 is 5.63 Å². The monoisotopic (exact) mass is 307 g/mol. The van der Waals surface area contributed by atoms with Crippen molar-refractivity contribution in [1.82, 2.24) is 4.90 Å². The van der Waals surface area contributed by atoms with E-state index in [1.54, 1.807) is 25.7 Å². The van der Waals surface area contributed by atoms with E-state index in [1.807, 2.05) is 0 Å². The molecule has 0 spiro atoms. The summed E-state index contributed by atoms with van der Waals surface area (Å²) in [4.78, 5) is 37.5. The summed E-state index contributed by atoms with van der Waals surface area (Å²) in [6.07, 6.45) is 1.48. The van der Waals surface area contributed by atoms with E-state index in [1.165, 1.54) is 6.07 Å². The van der Waals surface area contributed by atoms with Gasteiger partial charge in [0.05, 0.1) is 18.1 Å². The molecule has 1 atom stereocenters. The Morgan fingerprint density at radius 1 is 1.41 bits per heavy atom. The molecule has 0 radical (unpaired) electrons. The van der Waals surface area contributed by atoms with E-state index in [0.717, 1.165) is 12.8 Å². The molecule has 1 fully saturated rings. The molecule has 0 aliphatic carbocycles. The third-order valence-corrected chi connectivity index (χ3v) is 3.88. The standard InChI is InChI=1S/C16H21NO5/c1-4-21-16(20)12-6-5-7-17(9-12)15(19)14-10(2)8-13(18)22-11(14)3/h8,12H,4-7,9H2,1-3H3. The van der Waals surface area contributed by atoms with Gasteiger partial charge in [-0.05, 0) is 39.2 Å². The Hall–Kier alpha value is -2.11. The first-order chi connectivity index (χ1) is 10.4. The van der Waals surface area contributed by atoms with E-state index in [0.29, 0.717) is 36.6 Å². The van der Waals surface area contributed by atoms with Crippen LogP contribution in [-0.2, 0) is 9.53 Å². The van der Waals surface area contributed by atoms with Crippen molar-refractivity contribution in [2.45, 2.75) is 33.6 Å². The molecule has 0 saturated carbocycles. The number of hydrogen-bond donors (Lipinski definition) is 0. The van der Waals surface area contributed by atoms with E-state index in [2.05, 4.69) is 0 Å². The van der Waals surface area contributed by atoms with Gasteiger partial charge in [0.25, 0.3) is 5.91 Å². The highest BCUT2D eigenvalue weighted by Crippen LogP contribution is 2.22. The fourth-order valence-electron chi connectivity index (χ4n) is 2.85. The molecule has 6 nitrogen and oxygen atoms in total. The maximum absolute atomic E-state index is 12.7. The van der Waals surface area contributed by atoms with Crippen LogP contribution in [0.4, 0.5) is 0 Å². The zero-order valence-electron chi connectivity index (χ0n) is 13.2. The van der Waals surface area contributed by atoms with E-state index in [-0.39, 0.29) is 17.8 Å². The third-order valence-electron chi connectivity index (χ3n) is 3.88. The summed E-state index contributed by atoms with van der Waals surface area (Å²) in [6, 6.07) is 1.31. The van der Waals surface area contributed by atoms with Crippen molar-refractivity contribution in [1.29, 1.82) is 0 Å². The van der Waals surface area contributed by atoms with Gasteiger partial charge in [-0.25, -0.2) is 4.79 Å². The van der Waals surface area contributed by atoms with Crippen LogP contribution in [0.15, 0.2) is 15.3 Å². The van der Waals surface area contributed by atoms with Gasteiger partial charge in [0.1, 0.15) is 5.76 Å². The minimum absolute atomic E-state index is 0.201. The molecule has 2 heterocycles. The van der Waals surface area contributed by atoms with Crippen LogP contribution in [-0.4, -0.2) is 36.5 Å². The lowest BCUT2D eigenvalue weighted by Gasteiger charge is -2.32. The van der Waals surface area contributed by atoms with Crippen molar-refractivity contribution in [3.63, 3.8) is 0 Å². The van der Waals surface area contributed by atoms with Gasteiger partial charge in [-0.3, -0.25) is 9.59 Å². The maximum atomic E-state index is 12.7. The van der Waals surface area contributed by atoms with Crippen LogP contribution in [0.5, 0.6) is 0 Å². The second kappa shape index (κ2) is 6.77. The smallest absolute Gasteiger partial charge is 0.336 e. The van der Waals surface area contributed by atoms with Gasteiger partial charge in [0.15, 0.2) is 0 Å². The topological polar surface area (TPSA) is 76.8 Å². The van der Waals surface area contributed by atoms with E-state index >= 15 is 0 Å². The van der Waals surface area contributed by atoms with Gasteiger partial charge in [-0.2, -0.15) is 0 Å². The van der Waals surface area contributed by atoms with Crippen LogP contribution < -0.4 is 5.63 Å². The molecule has 1 aromatic heterocycles. The molecule has 6 heteroatoms. The molecule has 0 bridgehead atoms. The number of ether oxygens (including phenoxy) is 1. The second-order valence-electron chi connectivity index (χ2n) is 5.52. The molecule has 1 saturated heterocycles. The molecule has 0 N–H and O–H groups in total. The first kappa shape index (κ1) is 16.3. The minimum atomic E-state index is -0.463. The summed E-state index contributed by atoms with van der Waals surface area (Å²) in [5.41, 5.74) is 0.538. The number of nitrogens with zero attached hydrogens (tertiary/aromatic N) is 1.